The number of esters is 1. The highest BCUT2D eigenvalue weighted by Gasteiger charge is 2.20. The van der Waals surface area contributed by atoms with Crippen molar-refractivity contribution >= 4 is 32.8 Å². The van der Waals surface area contributed by atoms with Crippen LogP contribution >= 0.6 is 0 Å². The summed E-state index contributed by atoms with van der Waals surface area (Å²) in [5, 5.41) is 2.16. The summed E-state index contributed by atoms with van der Waals surface area (Å²) in [6.07, 6.45) is 2.96. The number of carbonyl (C=O) groups excluding carboxylic acids is 1. The topological polar surface area (TPSA) is 63.7 Å². The second-order valence-electron chi connectivity index (χ2n) is 6.74. The third-order valence-corrected chi connectivity index (χ3v) is 6.95. The first-order valence-corrected chi connectivity index (χ1v) is 11.3. The Balaban J connectivity index is 1.64. The van der Waals surface area contributed by atoms with Crippen LogP contribution in [0.5, 0.6) is 0 Å². The standard InChI is InChI=1S/C24H25NO4S/c1-3-25(4-2)30(27,28)22-15-12-19(13-16-22)14-17-24(26)29-18-21-10-7-9-20-8-5-6-11-23(20)21/h5-17H,3-4,18H2,1-2H3. The maximum Gasteiger partial charge on any atom is 0.331 e. The number of benzene rings is 3. The Morgan fingerprint density at radius 1 is 0.933 bits per heavy atom. The number of rotatable bonds is 8. The fourth-order valence-electron chi connectivity index (χ4n) is 3.24. The molecule has 5 nitrogen and oxygen atoms in total. The van der Waals surface area contributed by atoms with Crippen LogP contribution in [0.3, 0.4) is 0 Å². The molecule has 3 rings (SSSR count). The Hall–Kier alpha value is -2.96. The van der Waals surface area contributed by atoms with E-state index in [4.69, 9.17) is 4.74 Å². The molecule has 0 aliphatic heterocycles. The van der Waals surface area contributed by atoms with E-state index in [2.05, 4.69) is 0 Å². The molecule has 0 aliphatic carbocycles. The molecule has 0 amide bonds. The molecule has 0 aromatic heterocycles. The molecule has 3 aromatic rings. The number of fused-ring (bicyclic) bond motifs is 1. The second-order valence-corrected chi connectivity index (χ2v) is 8.68. The number of ether oxygens (including phenoxy) is 1. The molecule has 0 atom stereocenters. The van der Waals surface area contributed by atoms with Crippen LogP contribution in [0.2, 0.25) is 0 Å². The normalized spacial score (nSPS) is 12.0. The van der Waals surface area contributed by atoms with Crippen LogP contribution in [0.1, 0.15) is 25.0 Å². The Kier molecular flexibility index (Phi) is 7.03. The lowest BCUT2D eigenvalue weighted by molar-refractivity contribution is -0.138. The van der Waals surface area contributed by atoms with Gasteiger partial charge in [0.05, 0.1) is 4.90 Å². The molecule has 0 saturated carbocycles. The van der Waals surface area contributed by atoms with E-state index in [1.54, 1.807) is 30.3 Å². The molecule has 0 radical (unpaired) electrons. The van der Waals surface area contributed by atoms with Gasteiger partial charge in [-0.1, -0.05) is 68.4 Å². The van der Waals surface area contributed by atoms with Crippen LogP contribution in [-0.4, -0.2) is 31.8 Å². The second kappa shape index (κ2) is 9.69. The third kappa shape index (κ3) is 4.96. The summed E-state index contributed by atoms with van der Waals surface area (Å²) < 4.78 is 31.8. The highest BCUT2D eigenvalue weighted by atomic mass is 32.2. The smallest absolute Gasteiger partial charge is 0.331 e. The Labute approximate surface area is 177 Å². The van der Waals surface area contributed by atoms with Crippen molar-refractivity contribution in [1.82, 2.24) is 4.31 Å². The molecule has 0 N–H and O–H groups in total. The van der Waals surface area contributed by atoms with Gasteiger partial charge in [-0.2, -0.15) is 4.31 Å². The minimum Gasteiger partial charge on any atom is -0.458 e. The van der Waals surface area contributed by atoms with E-state index >= 15 is 0 Å². The van der Waals surface area contributed by atoms with Gasteiger partial charge >= 0.3 is 5.97 Å². The van der Waals surface area contributed by atoms with Gasteiger partial charge < -0.3 is 4.74 Å². The van der Waals surface area contributed by atoms with Crippen molar-refractivity contribution in [3.8, 4) is 0 Å². The van der Waals surface area contributed by atoms with E-state index in [-0.39, 0.29) is 11.5 Å². The molecule has 0 spiro atoms. The van der Waals surface area contributed by atoms with E-state index in [1.165, 1.54) is 10.4 Å². The number of hydrogen-bond acceptors (Lipinski definition) is 4. The SMILES string of the molecule is CCN(CC)S(=O)(=O)c1ccc(C=CC(=O)OCc2cccc3ccccc23)cc1. The molecular weight excluding hydrogens is 398 g/mol. The molecule has 6 heteroatoms. The molecule has 156 valence electrons. The van der Waals surface area contributed by atoms with Gasteiger partial charge in [0, 0.05) is 19.2 Å². The molecule has 0 bridgehead atoms. The Morgan fingerprint density at radius 2 is 1.60 bits per heavy atom. The van der Waals surface area contributed by atoms with Crippen LogP contribution in [0.15, 0.2) is 77.7 Å². The summed E-state index contributed by atoms with van der Waals surface area (Å²) in [5.41, 5.74) is 1.66. The van der Waals surface area contributed by atoms with Gasteiger partial charge in [-0.05, 0) is 40.1 Å². The lowest BCUT2D eigenvalue weighted by Gasteiger charge is -2.18. The first kappa shape index (κ1) is 21.7. The summed E-state index contributed by atoms with van der Waals surface area (Å²) in [6.45, 7) is 4.64. The number of carbonyl (C=O) groups is 1. The van der Waals surface area contributed by atoms with Crippen molar-refractivity contribution in [3.63, 3.8) is 0 Å². The first-order chi connectivity index (χ1) is 14.5. The van der Waals surface area contributed by atoms with Crippen molar-refractivity contribution in [2.75, 3.05) is 13.1 Å². The highest BCUT2D eigenvalue weighted by molar-refractivity contribution is 7.89. The van der Waals surface area contributed by atoms with Crippen LogP contribution in [0.4, 0.5) is 0 Å². The fourth-order valence-corrected chi connectivity index (χ4v) is 4.70. The van der Waals surface area contributed by atoms with Crippen LogP contribution in [0, 0.1) is 0 Å². The summed E-state index contributed by atoms with van der Waals surface area (Å²) in [6, 6.07) is 20.3. The zero-order valence-electron chi connectivity index (χ0n) is 17.1. The van der Waals surface area contributed by atoms with E-state index in [0.29, 0.717) is 13.1 Å². The lowest BCUT2D eigenvalue weighted by Crippen LogP contribution is -2.30. The minimum atomic E-state index is -3.49. The minimum absolute atomic E-state index is 0.186. The van der Waals surface area contributed by atoms with Gasteiger partial charge in [0.15, 0.2) is 0 Å². The zero-order chi connectivity index (χ0) is 21.6. The van der Waals surface area contributed by atoms with Crippen molar-refractivity contribution in [3.05, 3.63) is 83.9 Å². The van der Waals surface area contributed by atoms with Gasteiger partial charge in [0.2, 0.25) is 10.0 Å². The molecule has 0 unspecified atom stereocenters. The summed E-state index contributed by atoms with van der Waals surface area (Å²) in [5.74, 6) is -0.456. The number of sulfonamides is 1. The summed E-state index contributed by atoms with van der Waals surface area (Å²) in [4.78, 5) is 12.3. The average Bonchev–Trinajstić information content (AvgIpc) is 2.77. The van der Waals surface area contributed by atoms with Gasteiger partial charge in [0.1, 0.15) is 6.61 Å². The van der Waals surface area contributed by atoms with E-state index in [1.807, 2.05) is 56.3 Å². The van der Waals surface area contributed by atoms with Crippen LogP contribution in [0.25, 0.3) is 16.8 Å². The van der Waals surface area contributed by atoms with Crippen molar-refractivity contribution in [1.29, 1.82) is 0 Å². The fraction of sp³-hybridized carbons (Fsp3) is 0.208. The van der Waals surface area contributed by atoms with Crippen molar-refractivity contribution in [2.24, 2.45) is 0 Å². The van der Waals surface area contributed by atoms with E-state index < -0.39 is 16.0 Å². The van der Waals surface area contributed by atoms with Crippen LogP contribution < -0.4 is 0 Å². The predicted molar refractivity (Wildman–Crippen MR) is 119 cm³/mol. The van der Waals surface area contributed by atoms with Gasteiger partial charge in [-0.3, -0.25) is 0 Å². The largest absolute Gasteiger partial charge is 0.458 e. The monoisotopic (exact) mass is 423 g/mol. The highest BCUT2D eigenvalue weighted by Crippen LogP contribution is 2.20. The quantitative estimate of drug-likeness (QED) is 0.392. The Bertz CT molecular complexity index is 1140. The third-order valence-electron chi connectivity index (χ3n) is 4.89. The summed E-state index contributed by atoms with van der Waals surface area (Å²) >= 11 is 0. The molecule has 0 fully saturated rings. The van der Waals surface area contributed by atoms with Gasteiger partial charge in [0.25, 0.3) is 0 Å². The maximum absolute atomic E-state index is 12.5. The van der Waals surface area contributed by atoms with Gasteiger partial charge in [-0.25, -0.2) is 13.2 Å². The number of nitrogens with zero attached hydrogens (tertiary/aromatic N) is 1. The van der Waals surface area contributed by atoms with Crippen molar-refractivity contribution < 1.29 is 17.9 Å². The molecule has 3 aromatic carbocycles. The van der Waals surface area contributed by atoms with Gasteiger partial charge in [-0.15, -0.1) is 0 Å². The predicted octanol–water partition coefficient (Wildman–Crippen LogP) is 4.63. The van der Waals surface area contributed by atoms with E-state index in [0.717, 1.165) is 21.9 Å². The lowest BCUT2D eigenvalue weighted by atomic mass is 10.1. The van der Waals surface area contributed by atoms with E-state index in [9.17, 15) is 13.2 Å². The molecular formula is C24H25NO4S. The first-order valence-electron chi connectivity index (χ1n) is 9.87. The molecule has 0 heterocycles. The zero-order valence-corrected chi connectivity index (χ0v) is 17.9. The molecule has 0 aliphatic rings. The number of hydrogen-bond donors (Lipinski definition) is 0. The maximum atomic E-state index is 12.5. The average molecular weight is 424 g/mol. The molecule has 30 heavy (non-hydrogen) atoms. The van der Waals surface area contributed by atoms with Crippen molar-refractivity contribution in [2.45, 2.75) is 25.3 Å². The molecule has 0 saturated heterocycles. The van der Waals surface area contributed by atoms with Crippen LogP contribution in [-0.2, 0) is 26.2 Å². The summed E-state index contributed by atoms with van der Waals surface area (Å²) in [7, 11) is -3.49. The Morgan fingerprint density at radius 3 is 2.30 bits per heavy atom.